The lowest BCUT2D eigenvalue weighted by Crippen LogP contribution is -2.59. The summed E-state index contributed by atoms with van der Waals surface area (Å²) in [5.74, 6) is 15.8. The van der Waals surface area contributed by atoms with E-state index in [-0.39, 0.29) is 28.3 Å². The zero-order valence-corrected chi connectivity index (χ0v) is 19.9. The van der Waals surface area contributed by atoms with Crippen LogP contribution in [-0.4, -0.2) is 65.2 Å². The number of likely N-dealkylation sites (tertiary alicyclic amines) is 1. The number of nitrogens with one attached hydrogen (secondary N) is 4. The molecule has 2 saturated heterocycles. The summed E-state index contributed by atoms with van der Waals surface area (Å²) in [6.07, 6.45) is -0.479. The molecule has 36 heavy (non-hydrogen) atoms. The number of piperidine rings is 1. The fourth-order valence-corrected chi connectivity index (χ4v) is 4.45. The molecule has 1 spiro atoms. The summed E-state index contributed by atoms with van der Waals surface area (Å²) in [6, 6.07) is 9.11. The largest absolute Gasteiger partial charge is 0.338 e. The molecule has 0 bridgehead atoms. The van der Waals surface area contributed by atoms with Crippen molar-refractivity contribution in [2.24, 2.45) is 43.2 Å². The maximum Gasteiger partial charge on any atom is 0.321 e. The molecule has 2 unspecified atom stereocenters. The van der Waals surface area contributed by atoms with Crippen molar-refractivity contribution in [1.29, 1.82) is 0 Å². The molecule has 2 fully saturated rings. The molecule has 2 atom stereocenters. The Balaban J connectivity index is 1.37. The Morgan fingerprint density at radius 1 is 1.17 bits per heavy atom. The maximum atomic E-state index is 13.0. The van der Waals surface area contributed by atoms with E-state index in [1.165, 1.54) is 5.01 Å². The third kappa shape index (κ3) is 5.51. The first-order valence-corrected chi connectivity index (χ1v) is 11.4. The van der Waals surface area contributed by atoms with E-state index >= 15 is 0 Å². The quantitative estimate of drug-likeness (QED) is 0.117. The van der Waals surface area contributed by atoms with Gasteiger partial charge in [0, 0.05) is 30.9 Å². The zero-order chi connectivity index (χ0) is 25.7. The van der Waals surface area contributed by atoms with Crippen LogP contribution in [0.1, 0.15) is 12.8 Å². The molecule has 17 heteroatoms. The van der Waals surface area contributed by atoms with Crippen LogP contribution in [0.15, 0.2) is 67.0 Å². The molecular weight excluding hydrogens is 492 g/mol. The fourth-order valence-electron chi connectivity index (χ4n) is 4.27. The van der Waals surface area contributed by atoms with E-state index in [0.717, 1.165) is 5.69 Å². The number of para-hydroxylation sites is 1. The highest BCUT2D eigenvalue weighted by atomic mass is 35.5. The van der Waals surface area contributed by atoms with Crippen molar-refractivity contribution >= 4 is 34.9 Å². The number of anilines is 1. The van der Waals surface area contributed by atoms with Gasteiger partial charge in [-0.3, -0.25) is 16.0 Å². The summed E-state index contributed by atoms with van der Waals surface area (Å²) in [5, 5.41) is 26.8. The normalized spacial score (nSPS) is 24.3. The Morgan fingerprint density at radius 3 is 2.56 bits per heavy atom. The van der Waals surface area contributed by atoms with Gasteiger partial charge in [-0.2, -0.15) is 0 Å². The van der Waals surface area contributed by atoms with Crippen molar-refractivity contribution in [1.82, 2.24) is 25.9 Å². The van der Waals surface area contributed by atoms with Crippen LogP contribution in [-0.2, 0) is 4.79 Å². The number of benzene rings is 1. The van der Waals surface area contributed by atoms with Crippen LogP contribution in [0, 0.1) is 0 Å². The molecule has 3 heterocycles. The highest BCUT2D eigenvalue weighted by Crippen LogP contribution is 2.28. The molecule has 0 aliphatic carbocycles. The summed E-state index contributed by atoms with van der Waals surface area (Å²) in [6.45, 7) is 1.51. The molecule has 16 nitrogen and oxygen atoms in total. The van der Waals surface area contributed by atoms with Crippen LogP contribution in [0.5, 0.6) is 0 Å². The predicted molar refractivity (Wildman–Crippen MR) is 130 cm³/mol. The number of nitrogens with zero attached hydrogens (tertiary/aromatic N) is 7. The lowest BCUT2D eigenvalue weighted by atomic mass is 9.88. The van der Waals surface area contributed by atoms with Gasteiger partial charge in [-0.1, -0.05) is 40.2 Å². The van der Waals surface area contributed by atoms with E-state index in [1.807, 2.05) is 30.3 Å². The molecule has 10 N–H and O–H groups in total. The van der Waals surface area contributed by atoms with Gasteiger partial charge in [-0.25, -0.2) is 14.8 Å². The van der Waals surface area contributed by atoms with E-state index < -0.39 is 18.4 Å². The smallest absolute Gasteiger partial charge is 0.321 e. The zero-order valence-electron chi connectivity index (χ0n) is 19.1. The number of urea groups is 1. The van der Waals surface area contributed by atoms with E-state index in [1.54, 1.807) is 4.90 Å². The number of amides is 3. The topological polar surface area (TPSA) is 229 Å². The number of nitrogens with two attached hydrogens (primary N) is 3. The minimum absolute atomic E-state index is 0.00886. The molecule has 3 aliphatic heterocycles. The molecule has 0 aromatic heterocycles. The number of carbonyl (C=O) groups excluding carboxylic acids is 2. The number of hydrazine groups is 1. The second-order valence-corrected chi connectivity index (χ2v) is 8.74. The van der Waals surface area contributed by atoms with Crippen LogP contribution in [0.3, 0.4) is 0 Å². The second-order valence-electron chi connectivity index (χ2n) is 8.39. The summed E-state index contributed by atoms with van der Waals surface area (Å²) >= 11 is 6.07. The summed E-state index contributed by atoms with van der Waals surface area (Å²) < 4.78 is 0. The van der Waals surface area contributed by atoms with Gasteiger partial charge >= 0.3 is 6.03 Å². The first kappa shape index (κ1) is 25.2. The van der Waals surface area contributed by atoms with Crippen LogP contribution in [0.2, 0.25) is 0 Å². The molecule has 1 aromatic rings. The van der Waals surface area contributed by atoms with Gasteiger partial charge in [0.15, 0.2) is 22.9 Å². The van der Waals surface area contributed by atoms with Crippen LogP contribution in [0.4, 0.5) is 10.5 Å². The highest BCUT2D eigenvalue weighted by Gasteiger charge is 2.46. The van der Waals surface area contributed by atoms with Gasteiger partial charge < -0.3 is 32.5 Å². The van der Waals surface area contributed by atoms with Gasteiger partial charge in [0.1, 0.15) is 6.29 Å². The minimum Gasteiger partial charge on any atom is -0.338 e. The van der Waals surface area contributed by atoms with Gasteiger partial charge in [-0.05, 0) is 25.0 Å². The van der Waals surface area contributed by atoms with Gasteiger partial charge in [-0.15, -0.1) is 10.2 Å². The number of aliphatic imine (C=N–C) groups is 1. The number of hydrogen-bond acceptors (Lipinski definition) is 11. The van der Waals surface area contributed by atoms with Crippen LogP contribution in [0.25, 0.3) is 0 Å². The maximum absolute atomic E-state index is 13.0. The van der Waals surface area contributed by atoms with Crippen molar-refractivity contribution in [2.75, 3.05) is 25.0 Å². The molecule has 4 rings (SSSR count). The van der Waals surface area contributed by atoms with Crippen LogP contribution >= 0.6 is 11.6 Å². The molecule has 0 saturated carbocycles. The first-order chi connectivity index (χ1) is 17.3. The third-order valence-corrected chi connectivity index (χ3v) is 6.34. The second kappa shape index (κ2) is 10.8. The molecule has 1 aromatic carbocycles. The van der Waals surface area contributed by atoms with Crippen molar-refractivity contribution in [2.45, 2.75) is 30.8 Å². The minimum atomic E-state index is -1.06. The van der Waals surface area contributed by atoms with E-state index in [9.17, 15) is 9.59 Å². The molecule has 0 radical (unpaired) electrons. The van der Waals surface area contributed by atoms with Crippen molar-refractivity contribution in [3.8, 4) is 0 Å². The Labute approximate surface area is 211 Å². The number of carbonyl (C=O) groups is 2. The SMILES string of the molecule is NN=NC1=C(Cl)N=C(C(=O)NC2NC3(CCN(C(=O)Nc4ccccc4)CC3)CN2N)C(N=NN)N1. The van der Waals surface area contributed by atoms with Crippen molar-refractivity contribution in [3.63, 3.8) is 0 Å². The van der Waals surface area contributed by atoms with Gasteiger partial charge in [0.25, 0.3) is 5.91 Å². The summed E-state index contributed by atoms with van der Waals surface area (Å²) in [4.78, 5) is 31.4. The molecular formula is C19H27ClN14O2. The highest BCUT2D eigenvalue weighted by molar-refractivity contribution is 6.43. The van der Waals surface area contributed by atoms with E-state index in [0.29, 0.717) is 32.5 Å². The Bertz CT molecular complexity index is 1100. The lowest BCUT2D eigenvalue weighted by Gasteiger charge is -2.39. The Morgan fingerprint density at radius 2 is 1.89 bits per heavy atom. The van der Waals surface area contributed by atoms with Gasteiger partial charge in [0.05, 0.1) is 0 Å². The van der Waals surface area contributed by atoms with E-state index in [2.05, 4.69) is 46.9 Å². The average Bonchev–Trinajstić information content (AvgIpc) is 3.16. The first-order valence-electron chi connectivity index (χ1n) is 11.0. The molecule has 3 aliphatic rings. The third-order valence-electron chi connectivity index (χ3n) is 6.08. The Kier molecular flexibility index (Phi) is 7.58. The Hall–Kier alpha value is -3.86. The fraction of sp³-hybridized carbons (Fsp3) is 0.421. The van der Waals surface area contributed by atoms with Crippen molar-refractivity contribution in [3.05, 3.63) is 41.3 Å². The predicted octanol–water partition coefficient (Wildman–Crippen LogP) is -0.381. The van der Waals surface area contributed by atoms with Gasteiger partial charge in [0.2, 0.25) is 0 Å². The summed E-state index contributed by atoms with van der Waals surface area (Å²) in [7, 11) is 0. The standard InChI is InChI=1S/C19H27ClN14O2/c20-13-15(30-32-22)26-14(29-31-21)12(25-13)16(35)27-17-28-19(10-34(17)23)6-8-33(9-7-19)18(36)24-11-4-2-1-3-5-11/h1-5,14,17,26,28H,6-10,23H2,(H2,21,29)(H2,22,30)(H,24,36)(H,27,35). The number of rotatable bonds is 5. The number of halogens is 1. The average molecular weight is 519 g/mol. The number of hydrogen-bond donors (Lipinski definition) is 7. The lowest BCUT2D eigenvalue weighted by molar-refractivity contribution is -0.116. The van der Waals surface area contributed by atoms with Crippen molar-refractivity contribution < 1.29 is 9.59 Å². The molecule has 3 amide bonds. The monoisotopic (exact) mass is 518 g/mol. The van der Waals surface area contributed by atoms with Crippen LogP contribution < -0.4 is 38.8 Å². The van der Waals surface area contributed by atoms with E-state index in [4.69, 9.17) is 29.1 Å². The summed E-state index contributed by atoms with van der Waals surface area (Å²) in [5.41, 5.74) is 0.248. The molecule has 192 valence electrons.